The molecule has 0 aliphatic carbocycles. The Hall–Kier alpha value is 0.194. The van der Waals surface area contributed by atoms with Crippen LogP contribution in [0.5, 0.6) is 0 Å². The van der Waals surface area contributed by atoms with Gasteiger partial charge in [0.15, 0.2) is 0 Å². The second-order valence-electron chi connectivity index (χ2n) is 2.85. The summed E-state index contributed by atoms with van der Waals surface area (Å²) in [6, 6.07) is -0.305. The van der Waals surface area contributed by atoms with Gasteiger partial charge in [0.2, 0.25) is 0 Å². The molecule has 0 bridgehead atoms. The van der Waals surface area contributed by atoms with Gasteiger partial charge in [-0.1, -0.05) is 0 Å². The molecular weight excluding hydrogens is 224 g/mol. The first-order valence-electron chi connectivity index (χ1n) is 4.50. The molecule has 0 aliphatic rings. The highest BCUT2D eigenvalue weighted by Gasteiger charge is 2.40. The second-order valence-corrected chi connectivity index (χ2v) is 7.40. The van der Waals surface area contributed by atoms with Gasteiger partial charge in [0.05, 0.1) is 0 Å². The van der Waals surface area contributed by atoms with Gasteiger partial charge in [0.25, 0.3) is 0 Å². The number of hydrogen-bond donors (Lipinski definition) is 4. The molecule has 0 saturated heterocycles. The van der Waals surface area contributed by atoms with Crippen LogP contribution in [-0.2, 0) is 8.85 Å². The van der Waals surface area contributed by atoms with Crippen molar-refractivity contribution in [1.82, 2.24) is 0 Å². The summed E-state index contributed by atoms with van der Waals surface area (Å²) in [6.07, 6.45) is 0. The zero-order chi connectivity index (χ0) is 11.2. The van der Waals surface area contributed by atoms with Crippen LogP contribution in [0.3, 0.4) is 0 Å². The van der Waals surface area contributed by atoms with Gasteiger partial charge in [-0.2, -0.15) is 0 Å². The van der Waals surface area contributed by atoms with E-state index in [0.29, 0.717) is 13.2 Å². The predicted molar refractivity (Wildman–Crippen MR) is 53.2 cm³/mol. The lowest BCUT2D eigenvalue weighted by atomic mass is 10.9. The molecule has 0 rings (SSSR count). The van der Waals surface area contributed by atoms with Gasteiger partial charge >= 0.3 is 17.6 Å². The lowest BCUT2D eigenvalue weighted by Crippen LogP contribution is -2.46. The molecule has 86 valence electrons. The third-order valence-electron chi connectivity index (χ3n) is 1.52. The SMILES string of the molecule is CCO[Si](O)(CC[Si](O)(O)O)OCC. The van der Waals surface area contributed by atoms with E-state index in [9.17, 15) is 4.80 Å². The van der Waals surface area contributed by atoms with E-state index in [1.165, 1.54) is 0 Å². The molecule has 0 spiro atoms. The molecule has 0 aromatic carbocycles. The Balaban J connectivity index is 4.08. The standard InChI is InChI=1S/C6H18O6Si2/c1-3-11-14(10,12-4-2)6-5-13(7,8)9/h7-10H,3-6H2,1-2H3. The van der Waals surface area contributed by atoms with Crippen LogP contribution < -0.4 is 0 Å². The first-order valence-corrected chi connectivity index (χ1v) is 8.52. The quantitative estimate of drug-likeness (QED) is 0.423. The number of rotatable bonds is 7. The minimum absolute atomic E-state index is 0.0373. The molecular formula is C6H18O6Si2. The molecule has 0 aromatic rings. The van der Waals surface area contributed by atoms with E-state index < -0.39 is 17.6 Å². The fraction of sp³-hybridized carbons (Fsp3) is 1.00. The maximum Gasteiger partial charge on any atom is 0.498 e. The second kappa shape index (κ2) is 5.93. The van der Waals surface area contributed by atoms with Crippen molar-refractivity contribution in [2.75, 3.05) is 13.2 Å². The van der Waals surface area contributed by atoms with Gasteiger partial charge in [0, 0.05) is 25.3 Å². The Kier molecular flexibility index (Phi) is 6.01. The molecule has 0 amide bonds. The van der Waals surface area contributed by atoms with E-state index in [-0.39, 0.29) is 12.1 Å². The van der Waals surface area contributed by atoms with Crippen molar-refractivity contribution < 1.29 is 28.0 Å². The van der Waals surface area contributed by atoms with Gasteiger partial charge in [-0.15, -0.1) is 0 Å². The van der Waals surface area contributed by atoms with Gasteiger partial charge in [0.1, 0.15) is 0 Å². The Morgan fingerprint density at radius 2 is 1.29 bits per heavy atom. The summed E-state index contributed by atoms with van der Waals surface area (Å²) in [5, 5.41) is 0. The van der Waals surface area contributed by atoms with Gasteiger partial charge in [-0.05, 0) is 13.8 Å². The predicted octanol–water partition coefficient (Wildman–Crippen LogP) is -1.09. The summed E-state index contributed by atoms with van der Waals surface area (Å²) in [5.74, 6) is 0. The van der Waals surface area contributed by atoms with Crippen LogP contribution in [0.2, 0.25) is 12.1 Å². The summed E-state index contributed by atoms with van der Waals surface area (Å²) in [6.45, 7) is 4.00. The Morgan fingerprint density at radius 3 is 1.57 bits per heavy atom. The van der Waals surface area contributed by atoms with Gasteiger partial charge in [-0.25, -0.2) is 0 Å². The van der Waals surface area contributed by atoms with Crippen LogP contribution in [0.1, 0.15) is 13.8 Å². The van der Waals surface area contributed by atoms with Crippen molar-refractivity contribution in [2.24, 2.45) is 0 Å². The number of hydrogen-bond acceptors (Lipinski definition) is 6. The summed E-state index contributed by atoms with van der Waals surface area (Å²) in [4.78, 5) is 36.1. The third-order valence-corrected chi connectivity index (χ3v) is 5.30. The maximum absolute atomic E-state index is 9.76. The average Bonchev–Trinajstić information content (AvgIpc) is 2.01. The molecule has 0 unspecified atom stereocenters. The van der Waals surface area contributed by atoms with Crippen molar-refractivity contribution in [3.63, 3.8) is 0 Å². The summed E-state index contributed by atoms with van der Waals surface area (Å²) in [5.41, 5.74) is 0. The Bertz CT molecular complexity index is 153. The molecule has 0 radical (unpaired) electrons. The van der Waals surface area contributed by atoms with Crippen LogP contribution in [0.15, 0.2) is 0 Å². The Labute approximate surface area is 85.5 Å². The van der Waals surface area contributed by atoms with E-state index in [1.54, 1.807) is 13.8 Å². The molecule has 0 fully saturated rings. The van der Waals surface area contributed by atoms with E-state index in [0.717, 1.165) is 0 Å². The first kappa shape index (κ1) is 14.2. The molecule has 0 aromatic heterocycles. The average molecular weight is 242 g/mol. The highest BCUT2D eigenvalue weighted by Crippen LogP contribution is 2.16. The highest BCUT2D eigenvalue weighted by atomic mass is 28.4. The molecule has 8 heteroatoms. The summed E-state index contributed by atoms with van der Waals surface area (Å²) in [7, 11) is -7.41. The van der Waals surface area contributed by atoms with E-state index in [2.05, 4.69) is 0 Å². The molecule has 0 heterocycles. The molecule has 4 N–H and O–H groups in total. The van der Waals surface area contributed by atoms with Gasteiger partial charge in [-0.3, -0.25) is 0 Å². The summed E-state index contributed by atoms with van der Waals surface area (Å²) < 4.78 is 10.1. The third kappa shape index (κ3) is 6.62. The minimum Gasteiger partial charge on any atom is -0.390 e. The summed E-state index contributed by atoms with van der Waals surface area (Å²) >= 11 is 0. The molecule has 0 aliphatic heterocycles. The van der Waals surface area contributed by atoms with Gasteiger partial charge < -0.3 is 28.0 Å². The van der Waals surface area contributed by atoms with E-state index in [4.69, 9.17) is 23.2 Å². The lowest BCUT2D eigenvalue weighted by molar-refractivity contribution is 0.107. The zero-order valence-corrected chi connectivity index (χ0v) is 10.4. The first-order chi connectivity index (χ1) is 6.33. The molecule has 14 heavy (non-hydrogen) atoms. The minimum atomic E-state index is -4.11. The van der Waals surface area contributed by atoms with Crippen molar-refractivity contribution in [3.05, 3.63) is 0 Å². The van der Waals surface area contributed by atoms with Crippen molar-refractivity contribution in [2.45, 2.75) is 25.9 Å². The lowest BCUT2D eigenvalue weighted by Gasteiger charge is -2.23. The topological polar surface area (TPSA) is 99.4 Å². The monoisotopic (exact) mass is 242 g/mol. The van der Waals surface area contributed by atoms with Crippen LogP contribution in [-0.4, -0.2) is 50.0 Å². The van der Waals surface area contributed by atoms with Crippen LogP contribution in [0, 0.1) is 0 Å². The maximum atomic E-state index is 9.76. The molecule has 0 saturated carbocycles. The van der Waals surface area contributed by atoms with Crippen LogP contribution in [0.4, 0.5) is 0 Å². The van der Waals surface area contributed by atoms with E-state index >= 15 is 0 Å². The van der Waals surface area contributed by atoms with Crippen LogP contribution >= 0.6 is 0 Å². The van der Waals surface area contributed by atoms with Crippen molar-refractivity contribution in [3.8, 4) is 0 Å². The smallest absolute Gasteiger partial charge is 0.390 e. The van der Waals surface area contributed by atoms with E-state index in [1.807, 2.05) is 0 Å². The zero-order valence-electron chi connectivity index (χ0n) is 8.43. The molecule has 0 atom stereocenters. The highest BCUT2D eigenvalue weighted by molar-refractivity contribution is 6.63. The Morgan fingerprint density at radius 1 is 0.857 bits per heavy atom. The molecule has 6 nitrogen and oxygen atoms in total. The fourth-order valence-electron chi connectivity index (χ4n) is 0.963. The van der Waals surface area contributed by atoms with Crippen molar-refractivity contribution in [1.29, 1.82) is 0 Å². The fourth-order valence-corrected chi connectivity index (χ4v) is 4.84. The van der Waals surface area contributed by atoms with Crippen LogP contribution in [0.25, 0.3) is 0 Å². The normalized spacial score (nSPS) is 13.3. The van der Waals surface area contributed by atoms with Crippen molar-refractivity contribution >= 4 is 17.6 Å². The largest absolute Gasteiger partial charge is 0.498 e.